The van der Waals surface area contributed by atoms with Gasteiger partial charge in [-0.15, -0.1) is 0 Å². The molecule has 348 valence electrons. The molecule has 0 fully saturated rings. The van der Waals surface area contributed by atoms with Gasteiger partial charge in [0.1, 0.15) is 37.7 Å². The number of phenols is 2. The largest absolute Gasteiger partial charge is 2.00 e. The van der Waals surface area contributed by atoms with Crippen LogP contribution in [0, 0.1) is 148 Å². The molecule has 4 N–H and O–H groups in total. The van der Waals surface area contributed by atoms with Crippen LogP contribution in [0.5, 0.6) is 23.0 Å². The van der Waals surface area contributed by atoms with Crippen LogP contribution in [0.3, 0.4) is 0 Å². The third kappa shape index (κ3) is 25.4. The van der Waals surface area contributed by atoms with Gasteiger partial charge in [-0.1, -0.05) is 94.5 Å². The molecule has 22 heteroatoms. The van der Waals surface area contributed by atoms with E-state index in [-0.39, 0.29) is 120 Å². The van der Waals surface area contributed by atoms with Crippen LogP contribution in [0.2, 0.25) is 0 Å². The molecule has 4 rings (SSSR count). The SMILES string of the molecule is Cc1cc(C)c([O-])c(C[NH+](CC[O-])Cc2cc(C)cc(C)c2O)c1.Cc1cc(C)c([O-])c(C[NH+](CC[O-])Cc2cc(C)cc(C)c2O)c1.O=[N+]([O-])[O-].O=[N+]([O-])[O-].[O-2].[O-2].[O-2].[O-2].[U].[U]. The summed E-state index contributed by atoms with van der Waals surface area (Å²) in [5.74, 6) is 0.667. The molecular weight excluding hydrogens is 1270 g/mol. The van der Waals surface area contributed by atoms with Crippen LogP contribution in [0.15, 0.2) is 48.5 Å². The van der Waals surface area contributed by atoms with Crippen LogP contribution in [-0.2, 0) is 48.1 Å². The number of quaternary nitrogens is 2. The number of hydrogen-bond acceptors (Lipinski definition) is 12. The Morgan fingerprint density at radius 1 is 0.452 bits per heavy atom. The summed E-state index contributed by atoms with van der Waals surface area (Å²) in [4.78, 5) is 18.5. The average molecular weight is 1320 g/mol. The van der Waals surface area contributed by atoms with E-state index in [0.29, 0.717) is 39.3 Å². The standard InChI is InChI=1S/2C20H26NO3.2NO3.4O.2U/c2*1-13-7-15(3)19(23)17(9-13)11-21(5-6-22)12-18-10-14(2)8-16(4)20(18)24;2*2-1(3)4;;;;;;/h2*7-10,23-24H,5-6,11-12H2,1-4H3;;;;;;;;/q4*-1;4*-2;;. The molecule has 4 aromatic carbocycles. The maximum atomic E-state index is 12.3. The van der Waals surface area contributed by atoms with Gasteiger partial charge >= 0.3 is 0 Å². The third-order valence-electron chi connectivity index (χ3n) is 8.71. The number of phenolic OH excluding ortho intramolecular Hbond substituents is 2. The summed E-state index contributed by atoms with van der Waals surface area (Å²) in [7, 11) is 0. The molecule has 0 spiro atoms. The van der Waals surface area contributed by atoms with Gasteiger partial charge < -0.3 is 93.0 Å². The number of nitrogens with zero attached hydrogens (tertiary/aromatic N) is 2. The number of hydrogen-bond donors (Lipinski definition) is 4. The predicted octanol–water partition coefficient (Wildman–Crippen LogP) is 0.336. The quantitative estimate of drug-likeness (QED) is 0.110. The minimum atomic E-state index is -1.75. The van der Waals surface area contributed by atoms with E-state index in [1.54, 1.807) is 0 Å². The first kappa shape index (κ1) is 69.9. The van der Waals surface area contributed by atoms with Crippen LogP contribution >= 0.6 is 0 Å². The number of nitrogens with one attached hydrogen (secondary N) is 2. The van der Waals surface area contributed by atoms with Crippen molar-refractivity contribution < 1.29 is 135 Å². The van der Waals surface area contributed by atoms with Gasteiger partial charge in [0.25, 0.3) is 0 Å². The fraction of sp³-hybridized carbons (Fsp3) is 0.400. The molecular formula is C40H52N4O16U2-12. The van der Waals surface area contributed by atoms with Crippen molar-refractivity contribution in [3.8, 4) is 23.0 Å². The molecule has 4 aromatic rings. The Morgan fingerprint density at radius 3 is 0.903 bits per heavy atom. The van der Waals surface area contributed by atoms with Gasteiger partial charge in [-0.05, 0) is 89.8 Å². The first-order chi connectivity index (χ1) is 26.1. The molecule has 0 saturated carbocycles. The van der Waals surface area contributed by atoms with Crippen LogP contribution in [0.25, 0.3) is 0 Å². The third-order valence-corrected chi connectivity index (χ3v) is 8.71. The number of rotatable bonds is 12. The molecule has 0 aliphatic heterocycles. The Kier molecular flexibility index (Phi) is 39.2. The molecule has 20 nitrogen and oxygen atoms in total. The van der Waals surface area contributed by atoms with Gasteiger partial charge in [-0.2, -0.15) is 0 Å². The summed E-state index contributed by atoms with van der Waals surface area (Å²) < 4.78 is 0. The number of aromatic hydroxyl groups is 2. The Labute approximate surface area is 408 Å². The summed E-state index contributed by atoms with van der Waals surface area (Å²) in [6.45, 7) is 17.8. The second-order valence-corrected chi connectivity index (χ2v) is 13.9. The van der Waals surface area contributed by atoms with E-state index < -0.39 is 10.2 Å². The zero-order valence-electron chi connectivity index (χ0n) is 35.8. The maximum absolute atomic E-state index is 12.3. The summed E-state index contributed by atoms with van der Waals surface area (Å²) in [5.41, 5.74) is 10.5. The molecule has 0 heterocycles. The van der Waals surface area contributed by atoms with Crippen molar-refractivity contribution in [2.24, 2.45) is 0 Å². The summed E-state index contributed by atoms with van der Waals surface area (Å²) in [5, 5.41) is 97.2. The van der Waals surface area contributed by atoms with E-state index in [9.17, 15) is 30.6 Å². The van der Waals surface area contributed by atoms with Gasteiger partial charge in [-0.25, -0.2) is 0 Å². The van der Waals surface area contributed by atoms with Crippen molar-refractivity contribution in [1.82, 2.24) is 0 Å². The summed E-state index contributed by atoms with van der Waals surface area (Å²) in [6.07, 6.45) is 0. The van der Waals surface area contributed by atoms with Crippen LogP contribution < -0.4 is 30.2 Å². The fourth-order valence-electron chi connectivity index (χ4n) is 6.56. The zero-order chi connectivity index (χ0) is 42.9. The van der Waals surface area contributed by atoms with Crippen LogP contribution in [0.1, 0.15) is 66.8 Å². The van der Waals surface area contributed by atoms with Crippen molar-refractivity contribution in [2.45, 2.75) is 81.6 Å². The van der Waals surface area contributed by atoms with E-state index in [0.717, 1.165) is 76.6 Å². The molecule has 0 aliphatic rings. The zero-order valence-corrected chi connectivity index (χ0v) is 44.1. The maximum Gasteiger partial charge on any atom is 0.127 e. The molecule has 0 radical (unpaired) electrons. The minimum absolute atomic E-state index is 0. The summed E-state index contributed by atoms with van der Waals surface area (Å²) in [6, 6.07) is 15.4. The second kappa shape index (κ2) is 34.7. The van der Waals surface area contributed by atoms with Crippen molar-refractivity contribution in [3.63, 3.8) is 0 Å². The average Bonchev–Trinajstić information content (AvgIpc) is 3.06. The Bertz CT molecular complexity index is 1680. The molecule has 2 atom stereocenters. The van der Waals surface area contributed by atoms with Gasteiger partial charge in [0.15, 0.2) is 0 Å². The Balaban J connectivity index is -0.000000199. The van der Waals surface area contributed by atoms with E-state index >= 15 is 0 Å². The molecule has 0 aliphatic carbocycles. The second-order valence-electron chi connectivity index (χ2n) is 13.9. The summed E-state index contributed by atoms with van der Waals surface area (Å²) >= 11 is 0. The van der Waals surface area contributed by atoms with Gasteiger partial charge in [0, 0.05) is 73.4 Å². The first-order valence-corrected chi connectivity index (χ1v) is 17.7. The normalized spacial score (nSPS) is 10.4. The topological polar surface area (TPSA) is 388 Å². The molecule has 62 heavy (non-hydrogen) atoms. The van der Waals surface area contributed by atoms with E-state index in [2.05, 4.69) is 0 Å². The van der Waals surface area contributed by atoms with Crippen LogP contribution in [-0.4, -0.2) is 46.7 Å². The molecule has 0 aromatic heterocycles. The minimum Gasteiger partial charge on any atom is -2.00 e. The molecule has 2 unspecified atom stereocenters. The van der Waals surface area contributed by atoms with Crippen LogP contribution in [0.4, 0.5) is 0 Å². The van der Waals surface area contributed by atoms with Gasteiger partial charge in [0.05, 0.1) is 23.3 Å². The predicted molar refractivity (Wildman–Crippen MR) is 206 cm³/mol. The van der Waals surface area contributed by atoms with Crippen molar-refractivity contribution in [3.05, 3.63) is 146 Å². The van der Waals surface area contributed by atoms with Crippen molar-refractivity contribution in [1.29, 1.82) is 0 Å². The van der Waals surface area contributed by atoms with E-state index in [4.69, 9.17) is 30.6 Å². The first-order valence-electron chi connectivity index (χ1n) is 17.7. The molecule has 0 saturated heterocycles. The van der Waals surface area contributed by atoms with Gasteiger partial charge in [0.2, 0.25) is 0 Å². The Morgan fingerprint density at radius 2 is 0.661 bits per heavy atom. The number of benzene rings is 4. The van der Waals surface area contributed by atoms with E-state index in [1.807, 2.05) is 104 Å². The molecule has 0 amide bonds. The fourth-order valence-corrected chi connectivity index (χ4v) is 6.56. The van der Waals surface area contributed by atoms with E-state index in [1.165, 1.54) is 0 Å². The Hall–Kier alpha value is -3.74. The van der Waals surface area contributed by atoms with Gasteiger partial charge in [-0.3, -0.25) is 0 Å². The van der Waals surface area contributed by atoms with Crippen molar-refractivity contribution >= 4 is 0 Å². The smallest absolute Gasteiger partial charge is 0.127 e. The monoisotopic (exact) mass is 1320 g/mol. The van der Waals surface area contributed by atoms with Crippen molar-refractivity contribution in [2.75, 3.05) is 26.3 Å². The molecule has 0 bridgehead atoms. The number of aryl methyl sites for hydroxylation is 8.